The van der Waals surface area contributed by atoms with E-state index in [4.69, 9.17) is 9.47 Å². The van der Waals surface area contributed by atoms with Crippen molar-refractivity contribution in [2.75, 3.05) is 13.2 Å². The summed E-state index contributed by atoms with van der Waals surface area (Å²) in [4.78, 5) is 12.5. The van der Waals surface area contributed by atoms with Gasteiger partial charge in [-0.1, -0.05) is 12.1 Å². The number of thiophene rings is 1. The van der Waals surface area contributed by atoms with Gasteiger partial charge in [-0.15, -0.1) is 11.3 Å². The number of aryl methyl sites for hydroxylation is 2. The summed E-state index contributed by atoms with van der Waals surface area (Å²) in [7, 11) is 0. The van der Waals surface area contributed by atoms with E-state index in [2.05, 4.69) is 42.0 Å². The van der Waals surface area contributed by atoms with Crippen LogP contribution in [-0.2, 0) is 22.5 Å². The van der Waals surface area contributed by atoms with Gasteiger partial charge in [0.15, 0.2) is 6.10 Å². The van der Waals surface area contributed by atoms with Crippen molar-refractivity contribution >= 4 is 46.9 Å². The Morgan fingerprint density at radius 2 is 1.90 bits per heavy atom. The van der Waals surface area contributed by atoms with E-state index in [1.165, 1.54) is 21.8 Å². The molecule has 0 aliphatic rings. The topological polar surface area (TPSA) is 60.7 Å². The molecule has 0 bridgehead atoms. The van der Waals surface area contributed by atoms with Crippen molar-refractivity contribution in [3.63, 3.8) is 0 Å². The van der Waals surface area contributed by atoms with Crippen LogP contribution in [0, 0.1) is 13.8 Å². The van der Waals surface area contributed by atoms with E-state index in [9.17, 15) is 9.90 Å². The average molecular weight is 437 g/mol. The molecular weight excluding hydrogens is 409 g/mol. The zero-order valence-electron chi connectivity index (χ0n) is 18.1. The van der Waals surface area contributed by atoms with E-state index in [0.29, 0.717) is 19.6 Å². The van der Waals surface area contributed by atoms with Gasteiger partial charge >= 0.3 is 5.97 Å². The minimum Gasteiger partial charge on any atom is -0.492 e. The monoisotopic (exact) mass is 436 g/mol. The van der Waals surface area contributed by atoms with Gasteiger partial charge in [0, 0.05) is 48.3 Å². The van der Waals surface area contributed by atoms with Crippen molar-refractivity contribution in [3.05, 3.63) is 64.7 Å². The minimum absolute atomic E-state index is 0. The second-order valence-corrected chi connectivity index (χ2v) is 7.89. The molecule has 30 heavy (non-hydrogen) atoms. The van der Waals surface area contributed by atoms with Crippen molar-refractivity contribution in [3.8, 4) is 16.3 Å². The normalized spacial score (nSPS) is 11.7. The molecule has 0 amide bonds. The molecule has 0 saturated carbocycles. The summed E-state index contributed by atoms with van der Waals surface area (Å²) in [5, 5.41) is 11.4. The molecule has 0 saturated heterocycles. The molecule has 155 valence electrons. The number of benzene rings is 1. The number of ether oxygens (including phenoxy) is 2. The van der Waals surface area contributed by atoms with Crippen molar-refractivity contribution < 1.29 is 19.4 Å². The number of hydrogen-bond donors (Lipinski definition) is 1. The van der Waals surface area contributed by atoms with Crippen LogP contribution in [-0.4, -0.2) is 64.5 Å². The van der Waals surface area contributed by atoms with Crippen LogP contribution in [0.5, 0.6) is 5.75 Å². The molecule has 3 aromatic rings. The number of aromatic nitrogens is 1. The van der Waals surface area contributed by atoms with Crippen molar-refractivity contribution in [2.45, 2.75) is 39.8 Å². The third kappa shape index (κ3) is 6.46. The molecule has 5 nitrogen and oxygen atoms in total. The predicted octanol–water partition coefficient (Wildman–Crippen LogP) is 4.56. The Morgan fingerprint density at radius 1 is 1.17 bits per heavy atom. The van der Waals surface area contributed by atoms with E-state index in [0.717, 1.165) is 17.9 Å². The van der Waals surface area contributed by atoms with E-state index in [-0.39, 0.29) is 29.6 Å². The molecule has 1 aromatic carbocycles. The third-order valence-corrected chi connectivity index (χ3v) is 5.82. The Hall–Kier alpha value is -1.57. The van der Waals surface area contributed by atoms with E-state index in [1.807, 2.05) is 24.3 Å². The Balaban J connectivity index is 0.00000320. The van der Waals surface area contributed by atoms with Crippen molar-refractivity contribution in [1.82, 2.24) is 4.57 Å². The second-order valence-electron chi connectivity index (χ2n) is 6.98. The molecule has 3 rings (SSSR count). The quantitative estimate of drug-likeness (QED) is 0.473. The second kappa shape index (κ2) is 11.7. The summed E-state index contributed by atoms with van der Waals surface area (Å²) in [6.45, 7) is 7.71. The van der Waals surface area contributed by atoms with Crippen LogP contribution in [0.2, 0.25) is 0 Å². The molecule has 2 aromatic heterocycles. The Bertz CT molecular complexity index is 949. The molecule has 0 fully saturated rings. The van der Waals surface area contributed by atoms with Gasteiger partial charge in [0.05, 0.1) is 17.1 Å². The molecule has 0 aliphatic carbocycles. The number of rotatable bonds is 10. The first-order chi connectivity index (χ1) is 14.0. The predicted molar refractivity (Wildman–Crippen MR) is 122 cm³/mol. The maximum Gasteiger partial charge on any atom is 0.333 e. The summed E-state index contributed by atoms with van der Waals surface area (Å²) in [5.41, 5.74) is 4.62. The van der Waals surface area contributed by atoms with Crippen molar-refractivity contribution in [2.24, 2.45) is 0 Å². The fourth-order valence-electron chi connectivity index (χ4n) is 3.26. The van der Waals surface area contributed by atoms with Crippen LogP contribution in [0.25, 0.3) is 10.6 Å². The SMILES string of the molecule is CCO[C@@H](Cc1ccc(OCCn2c(C)ccc2-c2cc(C)cs2)cc1)C(=O)O.[Na]. The summed E-state index contributed by atoms with van der Waals surface area (Å²) in [6, 6.07) is 14.1. The first-order valence-electron chi connectivity index (χ1n) is 9.75. The Morgan fingerprint density at radius 3 is 2.50 bits per heavy atom. The van der Waals surface area contributed by atoms with E-state index < -0.39 is 12.1 Å². The molecule has 0 spiro atoms. The van der Waals surface area contributed by atoms with Gasteiger partial charge in [-0.05, 0) is 67.6 Å². The van der Waals surface area contributed by atoms with Gasteiger partial charge in [0.1, 0.15) is 12.4 Å². The summed E-state index contributed by atoms with van der Waals surface area (Å²) in [6.07, 6.45) is -0.474. The summed E-state index contributed by atoms with van der Waals surface area (Å²) >= 11 is 1.76. The molecular formula is C23H27NNaO4S. The number of carboxylic acid groups (broad SMARTS) is 1. The molecule has 2 heterocycles. The number of nitrogens with zero attached hydrogens (tertiary/aromatic N) is 1. The van der Waals surface area contributed by atoms with Gasteiger partial charge in [-0.3, -0.25) is 0 Å². The van der Waals surface area contributed by atoms with Gasteiger partial charge in [0.25, 0.3) is 0 Å². The van der Waals surface area contributed by atoms with Gasteiger partial charge < -0.3 is 19.1 Å². The van der Waals surface area contributed by atoms with Crippen LogP contribution < -0.4 is 4.74 Å². The molecule has 0 aliphatic heterocycles. The zero-order chi connectivity index (χ0) is 20.8. The molecule has 1 atom stereocenters. The molecule has 1 radical (unpaired) electrons. The standard InChI is InChI=1S/C23H27NO4S.Na/c1-4-27-21(23(25)26)14-18-6-8-19(9-7-18)28-12-11-24-17(3)5-10-20(24)22-13-16(2)15-29-22;/h5-10,13,15,21H,4,11-12,14H2,1-3H3,(H,25,26);/t21-;/m0./s1. The van der Waals surface area contributed by atoms with Gasteiger partial charge in [-0.25, -0.2) is 4.79 Å². The zero-order valence-corrected chi connectivity index (χ0v) is 20.9. The number of hydrogen-bond acceptors (Lipinski definition) is 4. The number of carboxylic acids is 1. The third-order valence-electron chi connectivity index (χ3n) is 4.75. The fraction of sp³-hybridized carbons (Fsp3) is 0.348. The Labute approximate surface area is 203 Å². The average Bonchev–Trinajstić information content (AvgIpc) is 3.28. The first kappa shape index (κ1) is 24.7. The summed E-state index contributed by atoms with van der Waals surface area (Å²) < 4.78 is 13.5. The Kier molecular flexibility index (Phi) is 9.65. The van der Waals surface area contributed by atoms with E-state index >= 15 is 0 Å². The van der Waals surface area contributed by atoms with Crippen LogP contribution in [0.15, 0.2) is 47.8 Å². The molecule has 0 unspecified atom stereocenters. The molecule has 7 heteroatoms. The maximum atomic E-state index is 11.2. The smallest absolute Gasteiger partial charge is 0.333 e. The van der Waals surface area contributed by atoms with Crippen LogP contribution in [0.1, 0.15) is 23.7 Å². The molecule has 1 N–H and O–H groups in total. The van der Waals surface area contributed by atoms with E-state index in [1.54, 1.807) is 18.3 Å². The first-order valence-corrected chi connectivity index (χ1v) is 10.6. The summed E-state index contributed by atoms with van der Waals surface area (Å²) in [5.74, 6) is -0.165. The van der Waals surface area contributed by atoms with Gasteiger partial charge in [-0.2, -0.15) is 0 Å². The van der Waals surface area contributed by atoms with Crippen LogP contribution in [0.4, 0.5) is 0 Å². The van der Waals surface area contributed by atoms with Crippen molar-refractivity contribution in [1.29, 1.82) is 0 Å². The van der Waals surface area contributed by atoms with Crippen LogP contribution >= 0.6 is 11.3 Å². The minimum atomic E-state index is -0.939. The van der Waals surface area contributed by atoms with Gasteiger partial charge in [0.2, 0.25) is 0 Å². The largest absolute Gasteiger partial charge is 0.492 e. The fourth-order valence-corrected chi connectivity index (χ4v) is 4.19. The number of carbonyl (C=O) groups is 1. The number of aliphatic carboxylic acids is 1. The maximum absolute atomic E-state index is 11.2. The van der Waals surface area contributed by atoms with Crippen LogP contribution in [0.3, 0.4) is 0 Å².